The maximum atomic E-state index is 6.03. The Morgan fingerprint density at radius 1 is 1.32 bits per heavy atom. The molecule has 1 aromatic rings. The van der Waals surface area contributed by atoms with Crippen LogP contribution in [0.2, 0.25) is 0 Å². The van der Waals surface area contributed by atoms with Crippen molar-refractivity contribution in [1.82, 2.24) is 4.90 Å². The quantitative estimate of drug-likeness (QED) is 0.921. The molecule has 106 valence electrons. The first kappa shape index (κ1) is 14.6. The molecule has 19 heavy (non-hydrogen) atoms. The normalized spacial score (nSPS) is 20.3. The number of ether oxygens (including phenoxy) is 2. The van der Waals surface area contributed by atoms with Gasteiger partial charge >= 0.3 is 0 Å². The zero-order valence-corrected chi connectivity index (χ0v) is 13.1. The summed E-state index contributed by atoms with van der Waals surface area (Å²) < 4.78 is 11.9. The third-order valence-corrected chi connectivity index (χ3v) is 3.95. The highest BCUT2D eigenvalue weighted by molar-refractivity contribution is 9.10. The van der Waals surface area contributed by atoms with Crippen LogP contribution in [0.4, 0.5) is 0 Å². The molecule has 1 aliphatic rings. The first-order chi connectivity index (χ1) is 9.13. The van der Waals surface area contributed by atoms with E-state index in [0.717, 1.165) is 54.0 Å². The van der Waals surface area contributed by atoms with Gasteiger partial charge < -0.3 is 15.2 Å². The average molecular weight is 329 g/mol. The van der Waals surface area contributed by atoms with Crippen molar-refractivity contribution in [2.45, 2.75) is 25.4 Å². The van der Waals surface area contributed by atoms with E-state index in [-0.39, 0.29) is 6.04 Å². The average Bonchev–Trinajstić information content (AvgIpc) is 2.40. The number of hydrogen-bond donors (Lipinski definition) is 1. The molecule has 1 unspecified atom stereocenters. The van der Waals surface area contributed by atoms with Gasteiger partial charge in [-0.3, -0.25) is 4.90 Å². The molecule has 1 aliphatic heterocycles. The van der Waals surface area contributed by atoms with Gasteiger partial charge in [0, 0.05) is 23.6 Å². The smallest absolute Gasteiger partial charge is 0.128 e. The van der Waals surface area contributed by atoms with E-state index in [4.69, 9.17) is 15.2 Å². The molecule has 0 spiro atoms. The van der Waals surface area contributed by atoms with E-state index < -0.39 is 0 Å². The Bertz CT molecular complexity index is 414. The minimum absolute atomic E-state index is 0.279. The molecule has 5 heteroatoms. The Hall–Kier alpha value is -0.780. The lowest BCUT2D eigenvalue weighted by atomic mass is 10.1. The number of hydrogen-bond acceptors (Lipinski definition) is 4. The van der Waals surface area contributed by atoms with E-state index in [1.807, 2.05) is 12.1 Å². The van der Waals surface area contributed by atoms with Crippen molar-refractivity contribution >= 4 is 15.9 Å². The highest BCUT2D eigenvalue weighted by atomic mass is 79.9. The van der Waals surface area contributed by atoms with E-state index in [1.54, 1.807) is 14.2 Å². The molecule has 0 radical (unpaired) electrons. The summed E-state index contributed by atoms with van der Waals surface area (Å²) >= 11 is 3.47. The zero-order chi connectivity index (χ0) is 13.8. The molecule has 1 fully saturated rings. The van der Waals surface area contributed by atoms with Crippen LogP contribution in [0.5, 0.6) is 11.5 Å². The molecule has 2 rings (SSSR count). The first-order valence-corrected chi connectivity index (χ1v) is 7.31. The molecular formula is C14H21BrN2O2. The van der Waals surface area contributed by atoms with Crippen LogP contribution in [-0.4, -0.2) is 38.3 Å². The molecule has 0 aliphatic carbocycles. The Morgan fingerprint density at radius 2 is 1.95 bits per heavy atom. The Labute approximate surface area is 123 Å². The molecule has 0 bridgehead atoms. The maximum absolute atomic E-state index is 6.03. The number of rotatable bonds is 4. The van der Waals surface area contributed by atoms with Crippen molar-refractivity contribution in [3.8, 4) is 11.5 Å². The van der Waals surface area contributed by atoms with Crippen molar-refractivity contribution in [2.24, 2.45) is 5.73 Å². The molecule has 0 saturated carbocycles. The fraction of sp³-hybridized carbons (Fsp3) is 0.571. The van der Waals surface area contributed by atoms with Crippen molar-refractivity contribution < 1.29 is 9.47 Å². The topological polar surface area (TPSA) is 47.7 Å². The molecule has 1 saturated heterocycles. The maximum Gasteiger partial charge on any atom is 0.128 e. The van der Waals surface area contributed by atoms with E-state index in [0.29, 0.717) is 0 Å². The van der Waals surface area contributed by atoms with Crippen LogP contribution in [0, 0.1) is 0 Å². The van der Waals surface area contributed by atoms with E-state index in [2.05, 4.69) is 20.8 Å². The number of methoxy groups -OCH3 is 2. The summed E-state index contributed by atoms with van der Waals surface area (Å²) in [4.78, 5) is 2.36. The Kier molecular flexibility index (Phi) is 5.07. The standard InChI is InChI=1S/C14H21BrN2O2/c1-18-13-6-10(15)7-14(19-2)12(13)9-17-5-3-4-11(16)8-17/h6-7,11H,3-5,8-9,16H2,1-2H3. The van der Waals surface area contributed by atoms with Gasteiger partial charge in [-0.1, -0.05) is 15.9 Å². The first-order valence-electron chi connectivity index (χ1n) is 6.52. The van der Waals surface area contributed by atoms with Gasteiger partial charge in [-0.15, -0.1) is 0 Å². The van der Waals surface area contributed by atoms with Crippen LogP contribution in [0.1, 0.15) is 18.4 Å². The minimum Gasteiger partial charge on any atom is -0.496 e. The van der Waals surface area contributed by atoms with Crippen molar-refractivity contribution in [2.75, 3.05) is 27.3 Å². The van der Waals surface area contributed by atoms with Gasteiger partial charge in [-0.2, -0.15) is 0 Å². The molecule has 1 aromatic carbocycles. The molecule has 2 N–H and O–H groups in total. The van der Waals surface area contributed by atoms with Crippen LogP contribution < -0.4 is 15.2 Å². The molecule has 0 aromatic heterocycles. The number of halogens is 1. The molecule has 0 amide bonds. The van der Waals surface area contributed by atoms with Crippen molar-refractivity contribution in [3.63, 3.8) is 0 Å². The number of likely N-dealkylation sites (tertiary alicyclic amines) is 1. The summed E-state index contributed by atoms with van der Waals surface area (Å²) in [6, 6.07) is 4.23. The van der Waals surface area contributed by atoms with E-state index >= 15 is 0 Å². The molecule has 4 nitrogen and oxygen atoms in total. The predicted octanol–water partition coefficient (Wildman–Crippen LogP) is 2.39. The lowest BCUT2D eigenvalue weighted by Crippen LogP contribution is -2.42. The highest BCUT2D eigenvalue weighted by Gasteiger charge is 2.20. The SMILES string of the molecule is COc1cc(Br)cc(OC)c1CN1CCCC(N)C1. The fourth-order valence-corrected chi connectivity index (χ4v) is 2.98. The van der Waals surface area contributed by atoms with Gasteiger partial charge in [0.25, 0.3) is 0 Å². The summed E-state index contributed by atoms with van der Waals surface area (Å²) in [5.74, 6) is 1.70. The largest absolute Gasteiger partial charge is 0.496 e. The lowest BCUT2D eigenvalue weighted by Gasteiger charge is -2.31. The third-order valence-electron chi connectivity index (χ3n) is 3.50. The van der Waals surface area contributed by atoms with Crippen LogP contribution >= 0.6 is 15.9 Å². The number of benzene rings is 1. The van der Waals surface area contributed by atoms with Crippen LogP contribution in [0.3, 0.4) is 0 Å². The van der Waals surface area contributed by atoms with E-state index in [1.165, 1.54) is 0 Å². The second-order valence-electron chi connectivity index (χ2n) is 4.93. The minimum atomic E-state index is 0.279. The van der Waals surface area contributed by atoms with Gasteiger partial charge in [0.2, 0.25) is 0 Å². The molecule has 1 atom stereocenters. The van der Waals surface area contributed by atoms with Crippen molar-refractivity contribution in [1.29, 1.82) is 0 Å². The van der Waals surface area contributed by atoms with Crippen LogP contribution in [0.25, 0.3) is 0 Å². The number of nitrogens with zero attached hydrogens (tertiary/aromatic N) is 1. The van der Waals surface area contributed by atoms with Crippen molar-refractivity contribution in [3.05, 3.63) is 22.2 Å². The lowest BCUT2D eigenvalue weighted by molar-refractivity contribution is 0.197. The summed E-state index contributed by atoms with van der Waals surface area (Å²) in [5, 5.41) is 0. The van der Waals surface area contributed by atoms with Gasteiger partial charge in [-0.05, 0) is 31.5 Å². The highest BCUT2D eigenvalue weighted by Crippen LogP contribution is 2.34. The third kappa shape index (κ3) is 3.61. The van der Waals surface area contributed by atoms with Gasteiger partial charge in [0.1, 0.15) is 11.5 Å². The number of nitrogens with two attached hydrogens (primary N) is 1. The Morgan fingerprint density at radius 3 is 2.47 bits per heavy atom. The predicted molar refractivity (Wildman–Crippen MR) is 79.7 cm³/mol. The van der Waals surface area contributed by atoms with Crippen LogP contribution in [-0.2, 0) is 6.54 Å². The second-order valence-corrected chi connectivity index (χ2v) is 5.84. The van der Waals surface area contributed by atoms with Gasteiger partial charge in [0.15, 0.2) is 0 Å². The zero-order valence-electron chi connectivity index (χ0n) is 11.5. The summed E-state index contributed by atoms with van der Waals surface area (Å²) in [5.41, 5.74) is 7.12. The number of piperidine rings is 1. The second kappa shape index (κ2) is 6.59. The van der Waals surface area contributed by atoms with E-state index in [9.17, 15) is 0 Å². The monoisotopic (exact) mass is 328 g/mol. The Balaban J connectivity index is 2.22. The molecule has 1 heterocycles. The molecular weight excluding hydrogens is 308 g/mol. The summed E-state index contributed by atoms with van der Waals surface area (Å²) in [6.45, 7) is 2.83. The van der Waals surface area contributed by atoms with Gasteiger partial charge in [-0.25, -0.2) is 0 Å². The fourth-order valence-electron chi connectivity index (χ4n) is 2.57. The van der Waals surface area contributed by atoms with Crippen LogP contribution in [0.15, 0.2) is 16.6 Å². The summed E-state index contributed by atoms with van der Waals surface area (Å²) in [7, 11) is 3.37. The summed E-state index contributed by atoms with van der Waals surface area (Å²) in [6.07, 6.45) is 2.27. The van der Waals surface area contributed by atoms with Gasteiger partial charge in [0.05, 0.1) is 19.8 Å².